The summed E-state index contributed by atoms with van der Waals surface area (Å²) < 4.78 is 5.48. The molecule has 1 aromatic heterocycles. The zero-order valence-corrected chi connectivity index (χ0v) is 13.2. The number of H-pyrrole nitrogens is 1. The summed E-state index contributed by atoms with van der Waals surface area (Å²) in [6.45, 7) is 5.44. The fourth-order valence-electron chi connectivity index (χ4n) is 2.02. The first-order valence-electron chi connectivity index (χ1n) is 7.15. The van der Waals surface area contributed by atoms with Gasteiger partial charge < -0.3 is 15.0 Å². The van der Waals surface area contributed by atoms with Crippen LogP contribution in [0.4, 0.5) is 0 Å². The first-order valence-corrected chi connectivity index (χ1v) is 8.13. The van der Waals surface area contributed by atoms with E-state index in [2.05, 4.69) is 21.4 Å². The fraction of sp³-hybridized carbons (Fsp3) is 0.467. The van der Waals surface area contributed by atoms with Crippen molar-refractivity contribution in [2.75, 3.05) is 18.9 Å². The molecule has 2 rings (SSSR count). The number of rotatable bonds is 8. The van der Waals surface area contributed by atoms with Crippen molar-refractivity contribution in [3.8, 4) is 11.8 Å². The Balaban J connectivity index is 1.95. The van der Waals surface area contributed by atoms with E-state index in [9.17, 15) is 0 Å². The summed E-state index contributed by atoms with van der Waals surface area (Å²) in [6.07, 6.45) is 0.802. The molecule has 0 fully saturated rings. The molecule has 0 spiro atoms. The molecule has 0 saturated heterocycles. The van der Waals surface area contributed by atoms with Gasteiger partial charge in [-0.15, -0.1) is 0 Å². The van der Waals surface area contributed by atoms with Crippen LogP contribution in [0.5, 0.6) is 5.75 Å². The maximum Gasteiger partial charge on any atom is 0.166 e. The van der Waals surface area contributed by atoms with Crippen molar-refractivity contribution in [1.82, 2.24) is 15.3 Å². The largest absolute Gasteiger partial charge is 0.494 e. The molecule has 0 aliphatic heterocycles. The van der Waals surface area contributed by atoms with Crippen LogP contribution in [0.1, 0.15) is 20.3 Å². The van der Waals surface area contributed by atoms with Crippen molar-refractivity contribution in [2.45, 2.75) is 31.5 Å². The van der Waals surface area contributed by atoms with Crippen LogP contribution in [0.25, 0.3) is 11.0 Å². The van der Waals surface area contributed by atoms with Crippen LogP contribution in [0, 0.1) is 11.3 Å². The number of aromatic amines is 1. The minimum absolute atomic E-state index is 0.0866. The molecule has 0 bridgehead atoms. The lowest BCUT2D eigenvalue weighted by atomic mass is 10.2. The Bertz CT molecular complexity index is 620. The Morgan fingerprint density at radius 2 is 2.33 bits per heavy atom. The van der Waals surface area contributed by atoms with Gasteiger partial charge in [-0.05, 0) is 32.0 Å². The maximum absolute atomic E-state index is 8.99. The third-order valence-corrected chi connectivity index (χ3v) is 3.90. The molecule has 1 atom stereocenters. The lowest BCUT2D eigenvalue weighted by molar-refractivity contribution is 0.340. The number of nitriles is 1. The van der Waals surface area contributed by atoms with Crippen LogP contribution in [-0.4, -0.2) is 34.9 Å². The van der Waals surface area contributed by atoms with E-state index in [0.717, 1.165) is 40.7 Å². The molecule has 5 nitrogen and oxygen atoms in total. The monoisotopic (exact) mass is 304 g/mol. The van der Waals surface area contributed by atoms with Gasteiger partial charge in [0, 0.05) is 11.8 Å². The molecule has 112 valence electrons. The number of imidazole rings is 1. The Morgan fingerprint density at radius 1 is 1.48 bits per heavy atom. The van der Waals surface area contributed by atoms with Crippen LogP contribution in [0.15, 0.2) is 23.4 Å². The minimum Gasteiger partial charge on any atom is -0.494 e. The van der Waals surface area contributed by atoms with Crippen LogP contribution in [0.3, 0.4) is 0 Å². The predicted octanol–water partition coefficient (Wildman–Crippen LogP) is 2.95. The van der Waals surface area contributed by atoms with Crippen molar-refractivity contribution >= 4 is 22.8 Å². The molecule has 0 aliphatic rings. The second-order valence-corrected chi connectivity index (χ2v) is 5.61. The van der Waals surface area contributed by atoms with Gasteiger partial charge in [0.25, 0.3) is 0 Å². The van der Waals surface area contributed by atoms with Gasteiger partial charge in [0.15, 0.2) is 5.16 Å². The average molecular weight is 304 g/mol. The summed E-state index contributed by atoms with van der Waals surface area (Å²) in [5.41, 5.74) is 1.91. The number of thioether (sulfide) groups is 1. The van der Waals surface area contributed by atoms with Gasteiger partial charge in [0.05, 0.1) is 29.8 Å². The summed E-state index contributed by atoms with van der Waals surface area (Å²) in [6, 6.07) is 8.03. The van der Waals surface area contributed by atoms with Crippen LogP contribution in [0.2, 0.25) is 0 Å². The highest BCUT2D eigenvalue weighted by Crippen LogP contribution is 2.23. The van der Waals surface area contributed by atoms with E-state index in [1.165, 1.54) is 0 Å². The number of ether oxygens (including phenoxy) is 1. The Morgan fingerprint density at radius 3 is 3.05 bits per heavy atom. The fourth-order valence-corrected chi connectivity index (χ4v) is 2.91. The number of nitrogens with zero attached hydrogens (tertiary/aromatic N) is 2. The molecule has 6 heteroatoms. The summed E-state index contributed by atoms with van der Waals surface area (Å²) in [5.74, 6) is 1.70. The Kier molecular flexibility index (Phi) is 5.90. The third-order valence-electron chi connectivity index (χ3n) is 2.99. The smallest absolute Gasteiger partial charge is 0.166 e. The predicted molar refractivity (Wildman–Crippen MR) is 85.7 cm³/mol. The molecule has 0 amide bonds. The molecule has 1 aromatic carbocycles. The zero-order chi connectivity index (χ0) is 15.1. The molecule has 1 heterocycles. The van der Waals surface area contributed by atoms with E-state index in [1.807, 2.05) is 32.0 Å². The van der Waals surface area contributed by atoms with Crippen molar-refractivity contribution in [3.05, 3.63) is 18.2 Å². The Hall–Kier alpha value is -1.71. The highest BCUT2D eigenvalue weighted by molar-refractivity contribution is 7.99. The Labute approximate surface area is 129 Å². The van der Waals surface area contributed by atoms with Crippen molar-refractivity contribution in [2.24, 2.45) is 0 Å². The molecular weight excluding hydrogens is 284 g/mol. The van der Waals surface area contributed by atoms with Gasteiger partial charge in [0.2, 0.25) is 0 Å². The SMILES string of the molecule is CCNC(C#N)CCSc1nc2ccc(OCC)cc2[nH]1. The number of nitrogens with one attached hydrogen (secondary N) is 2. The molecule has 21 heavy (non-hydrogen) atoms. The number of fused-ring (bicyclic) bond motifs is 1. The van der Waals surface area contributed by atoms with Gasteiger partial charge in [-0.3, -0.25) is 0 Å². The van der Waals surface area contributed by atoms with Crippen LogP contribution in [-0.2, 0) is 0 Å². The molecule has 0 aliphatic carbocycles. The van der Waals surface area contributed by atoms with Gasteiger partial charge in [-0.25, -0.2) is 4.98 Å². The van der Waals surface area contributed by atoms with Gasteiger partial charge >= 0.3 is 0 Å². The van der Waals surface area contributed by atoms with Crippen molar-refractivity contribution in [3.63, 3.8) is 0 Å². The molecule has 0 saturated carbocycles. The van der Waals surface area contributed by atoms with E-state index in [1.54, 1.807) is 11.8 Å². The standard InChI is InChI=1S/C15H20N4OS/c1-3-17-11(10-16)7-8-21-15-18-13-6-5-12(20-4-2)9-14(13)19-15/h5-6,9,11,17H,3-4,7-8H2,1-2H3,(H,18,19). The van der Waals surface area contributed by atoms with Gasteiger partial charge in [0.1, 0.15) is 5.75 Å². The molecular formula is C15H20N4OS. The van der Waals surface area contributed by atoms with Crippen molar-refractivity contribution in [1.29, 1.82) is 5.26 Å². The normalized spacial score (nSPS) is 12.2. The number of hydrogen-bond donors (Lipinski definition) is 2. The number of benzene rings is 1. The van der Waals surface area contributed by atoms with Crippen LogP contribution >= 0.6 is 11.8 Å². The highest BCUT2D eigenvalue weighted by Gasteiger charge is 2.08. The lowest BCUT2D eigenvalue weighted by Gasteiger charge is -2.07. The topological polar surface area (TPSA) is 73.7 Å². The zero-order valence-electron chi connectivity index (χ0n) is 12.3. The van der Waals surface area contributed by atoms with Gasteiger partial charge in [-0.1, -0.05) is 18.7 Å². The first kappa shape index (κ1) is 15.7. The molecule has 2 N–H and O–H groups in total. The van der Waals surface area contributed by atoms with E-state index in [0.29, 0.717) is 6.61 Å². The minimum atomic E-state index is -0.0866. The van der Waals surface area contributed by atoms with Crippen LogP contribution < -0.4 is 10.1 Å². The summed E-state index contributed by atoms with van der Waals surface area (Å²) >= 11 is 1.64. The van der Waals surface area contributed by atoms with E-state index in [4.69, 9.17) is 10.00 Å². The summed E-state index contributed by atoms with van der Waals surface area (Å²) in [7, 11) is 0. The third kappa shape index (κ3) is 4.38. The molecule has 1 unspecified atom stereocenters. The average Bonchev–Trinajstić information content (AvgIpc) is 2.88. The van der Waals surface area contributed by atoms with Gasteiger partial charge in [-0.2, -0.15) is 5.26 Å². The maximum atomic E-state index is 8.99. The van der Waals surface area contributed by atoms with E-state index in [-0.39, 0.29) is 6.04 Å². The first-order chi connectivity index (χ1) is 10.3. The number of hydrogen-bond acceptors (Lipinski definition) is 5. The summed E-state index contributed by atoms with van der Waals surface area (Å²) in [5, 5.41) is 13.0. The number of aromatic nitrogens is 2. The lowest BCUT2D eigenvalue weighted by Crippen LogP contribution is -2.27. The summed E-state index contributed by atoms with van der Waals surface area (Å²) in [4.78, 5) is 7.82. The quantitative estimate of drug-likeness (QED) is 0.734. The van der Waals surface area contributed by atoms with Crippen molar-refractivity contribution < 1.29 is 4.74 Å². The highest BCUT2D eigenvalue weighted by atomic mass is 32.2. The van der Waals surface area contributed by atoms with E-state index >= 15 is 0 Å². The second kappa shape index (κ2) is 7.91. The molecule has 2 aromatic rings. The second-order valence-electron chi connectivity index (χ2n) is 4.53. The molecule has 0 radical (unpaired) electrons. The van der Waals surface area contributed by atoms with E-state index < -0.39 is 0 Å².